The third-order valence-corrected chi connectivity index (χ3v) is 3.60. The van der Waals surface area contributed by atoms with Crippen LogP contribution in [-0.4, -0.2) is 15.0 Å². The molecule has 22 heavy (non-hydrogen) atoms. The number of fused-ring (bicyclic) bond motifs is 1. The Bertz CT molecular complexity index is 892. The highest BCUT2D eigenvalue weighted by Crippen LogP contribution is 2.30. The number of aryl methyl sites for hydroxylation is 1. The highest BCUT2D eigenvalue weighted by Gasteiger charge is 2.15. The molecule has 0 radical (unpaired) electrons. The molecule has 3 rings (SSSR count). The Kier molecular flexibility index (Phi) is 3.92. The molecule has 3 aromatic rings. The van der Waals surface area contributed by atoms with E-state index in [1.165, 1.54) is 12.3 Å². The van der Waals surface area contributed by atoms with Crippen molar-refractivity contribution >= 4 is 38.6 Å². The summed E-state index contributed by atoms with van der Waals surface area (Å²) in [6.45, 7) is 1.58. The number of benzene rings is 1. The van der Waals surface area contributed by atoms with Gasteiger partial charge in [0, 0.05) is 6.20 Å². The van der Waals surface area contributed by atoms with Crippen molar-refractivity contribution < 1.29 is 13.5 Å². The van der Waals surface area contributed by atoms with Crippen molar-refractivity contribution in [1.82, 2.24) is 15.0 Å². The van der Waals surface area contributed by atoms with E-state index in [1.54, 1.807) is 13.0 Å². The average Bonchev–Trinajstić information content (AvgIpc) is 2.47. The molecule has 0 spiro atoms. The van der Waals surface area contributed by atoms with Crippen LogP contribution in [0.2, 0.25) is 5.02 Å². The van der Waals surface area contributed by atoms with Crippen LogP contribution in [0.25, 0.3) is 11.0 Å². The lowest BCUT2D eigenvalue weighted by Crippen LogP contribution is -1.99. The number of halogens is 4. The van der Waals surface area contributed by atoms with E-state index in [0.29, 0.717) is 15.2 Å². The minimum absolute atomic E-state index is 0.145. The molecule has 2 heterocycles. The maximum atomic E-state index is 13.7. The fraction of sp³-hybridized carbons (Fsp3) is 0.0714. The van der Waals surface area contributed by atoms with Gasteiger partial charge < -0.3 is 4.74 Å². The van der Waals surface area contributed by atoms with Gasteiger partial charge in [-0.1, -0.05) is 11.6 Å². The molecule has 0 bridgehead atoms. The van der Waals surface area contributed by atoms with Gasteiger partial charge in [-0.05, 0) is 41.1 Å². The molecule has 0 aliphatic heterocycles. The largest absolute Gasteiger partial charge is 0.417 e. The normalized spacial score (nSPS) is 11.0. The lowest BCUT2D eigenvalue weighted by Gasteiger charge is -2.09. The summed E-state index contributed by atoms with van der Waals surface area (Å²) in [6, 6.07) is 3.93. The third-order valence-electron chi connectivity index (χ3n) is 2.83. The molecule has 8 heteroatoms. The molecule has 2 aromatic heterocycles. The van der Waals surface area contributed by atoms with E-state index in [9.17, 15) is 8.78 Å². The van der Waals surface area contributed by atoms with Gasteiger partial charge in [0.05, 0.1) is 15.0 Å². The molecular weight excluding hydrogens is 380 g/mol. The van der Waals surface area contributed by atoms with Gasteiger partial charge in [0.15, 0.2) is 11.6 Å². The summed E-state index contributed by atoms with van der Waals surface area (Å²) in [5, 5.41) is 0.443. The van der Waals surface area contributed by atoms with E-state index in [2.05, 4.69) is 30.9 Å². The Morgan fingerprint density at radius 1 is 1.18 bits per heavy atom. The zero-order valence-electron chi connectivity index (χ0n) is 11.1. The molecular formula is C14H7BrClF2N3O. The fourth-order valence-electron chi connectivity index (χ4n) is 1.80. The van der Waals surface area contributed by atoms with E-state index in [1.807, 2.05) is 0 Å². The maximum Gasteiger partial charge on any atom is 0.243 e. The Morgan fingerprint density at radius 3 is 2.68 bits per heavy atom. The Hall–Kier alpha value is -1.86. The van der Waals surface area contributed by atoms with Gasteiger partial charge >= 0.3 is 0 Å². The molecule has 0 aliphatic rings. The first-order chi connectivity index (χ1) is 10.5. The summed E-state index contributed by atoms with van der Waals surface area (Å²) in [5.74, 6) is -1.62. The minimum Gasteiger partial charge on any atom is -0.417 e. The second-order valence-corrected chi connectivity index (χ2v) is 5.68. The highest BCUT2D eigenvalue weighted by molar-refractivity contribution is 9.10. The van der Waals surface area contributed by atoms with E-state index in [4.69, 9.17) is 16.3 Å². The van der Waals surface area contributed by atoms with Crippen LogP contribution in [0.4, 0.5) is 8.78 Å². The fourth-order valence-corrected chi connectivity index (χ4v) is 2.52. The molecule has 0 atom stereocenters. The summed E-state index contributed by atoms with van der Waals surface area (Å²) in [4.78, 5) is 12.2. The molecule has 0 N–H and O–H groups in total. The van der Waals surface area contributed by atoms with E-state index in [0.717, 1.165) is 6.07 Å². The summed E-state index contributed by atoms with van der Waals surface area (Å²) >= 11 is 9.08. The molecule has 0 aliphatic carbocycles. The molecule has 1 aromatic carbocycles. The summed E-state index contributed by atoms with van der Waals surface area (Å²) < 4.78 is 33.0. The number of aromatic nitrogens is 3. The van der Waals surface area contributed by atoms with Crippen molar-refractivity contribution in [2.75, 3.05) is 0 Å². The molecule has 4 nitrogen and oxygen atoms in total. The lowest BCUT2D eigenvalue weighted by molar-refractivity contribution is 0.436. The number of hydrogen-bond acceptors (Lipinski definition) is 4. The zero-order valence-corrected chi connectivity index (χ0v) is 13.4. The van der Waals surface area contributed by atoms with Gasteiger partial charge in [-0.2, -0.15) is 0 Å². The van der Waals surface area contributed by atoms with Gasteiger partial charge in [0.2, 0.25) is 11.8 Å². The predicted molar refractivity (Wildman–Crippen MR) is 81.2 cm³/mol. The second kappa shape index (κ2) is 5.73. The maximum absolute atomic E-state index is 13.7. The van der Waals surface area contributed by atoms with Crippen molar-refractivity contribution in [3.63, 3.8) is 0 Å². The van der Waals surface area contributed by atoms with Crippen LogP contribution in [-0.2, 0) is 0 Å². The quantitative estimate of drug-likeness (QED) is 0.633. The van der Waals surface area contributed by atoms with Crippen molar-refractivity contribution in [3.8, 4) is 11.8 Å². The van der Waals surface area contributed by atoms with Gasteiger partial charge in [0.25, 0.3) is 0 Å². The van der Waals surface area contributed by atoms with Gasteiger partial charge in [0.1, 0.15) is 11.2 Å². The number of ether oxygens (including phenoxy) is 1. The lowest BCUT2D eigenvalue weighted by atomic mass is 10.2. The predicted octanol–water partition coefficient (Wildman–Crippen LogP) is 4.82. The second-order valence-electron chi connectivity index (χ2n) is 4.39. The number of rotatable bonds is 2. The van der Waals surface area contributed by atoms with Crippen molar-refractivity contribution in [2.24, 2.45) is 0 Å². The van der Waals surface area contributed by atoms with Crippen molar-refractivity contribution in [1.29, 1.82) is 0 Å². The van der Waals surface area contributed by atoms with Crippen LogP contribution in [0.15, 0.2) is 28.9 Å². The first-order valence-electron chi connectivity index (χ1n) is 6.07. The van der Waals surface area contributed by atoms with Crippen LogP contribution in [0.5, 0.6) is 11.8 Å². The Balaban J connectivity index is 2.08. The van der Waals surface area contributed by atoms with E-state index >= 15 is 0 Å². The van der Waals surface area contributed by atoms with Crippen LogP contribution >= 0.6 is 27.5 Å². The van der Waals surface area contributed by atoms with Crippen molar-refractivity contribution in [3.05, 3.63) is 51.2 Å². The van der Waals surface area contributed by atoms with E-state index < -0.39 is 11.6 Å². The van der Waals surface area contributed by atoms with Crippen molar-refractivity contribution in [2.45, 2.75) is 6.92 Å². The number of hydrogen-bond donors (Lipinski definition) is 0. The Morgan fingerprint density at radius 2 is 1.95 bits per heavy atom. The summed E-state index contributed by atoms with van der Waals surface area (Å²) in [5.41, 5.74) is 0.346. The van der Waals surface area contributed by atoms with Gasteiger partial charge in [-0.3, -0.25) is 0 Å². The van der Waals surface area contributed by atoms with E-state index in [-0.39, 0.29) is 22.8 Å². The average molecular weight is 387 g/mol. The first kappa shape index (κ1) is 15.1. The highest BCUT2D eigenvalue weighted by atomic mass is 79.9. The molecule has 0 amide bonds. The van der Waals surface area contributed by atoms with Crippen LogP contribution in [0, 0.1) is 18.6 Å². The minimum atomic E-state index is -1.04. The zero-order chi connectivity index (χ0) is 15.9. The third kappa shape index (κ3) is 2.74. The smallest absolute Gasteiger partial charge is 0.243 e. The Labute approximate surface area is 137 Å². The monoisotopic (exact) mass is 385 g/mol. The topological polar surface area (TPSA) is 47.9 Å². The summed E-state index contributed by atoms with van der Waals surface area (Å²) in [6.07, 6.45) is 1.42. The van der Waals surface area contributed by atoms with Crippen LogP contribution in [0.1, 0.15) is 5.69 Å². The number of nitrogens with zero attached hydrogens (tertiary/aromatic N) is 3. The molecule has 0 saturated carbocycles. The molecule has 0 unspecified atom stereocenters. The summed E-state index contributed by atoms with van der Waals surface area (Å²) in [7, 11) is 0. The number of pyridine rings is 1. The van der Waals surface area contributed by atoms with Gasteiger partial charge in [-0.15, -0.1) is 0 Å². The SMILES string of the molecule is Cc1nc2c(F)c(F)ccc2nc1Oc1ncc(Cl)cc1Br. The first-order valence-corrected chi connectivity index (χ1v) is 7.24. The van der Waals surface area contributed by atoms with Gasteiger partial charge in [-0.25, -0.2) is 23.7 Å². The van der Waals surface area contributed by atoms with Crippen LogP contribution in [0.3, 0.4) is 0 Å². The molecule has 0 saturated heterocycles. The molecule has 0 fully saturated rings. The molecule has 112 valence electrons. The van der Waals surface area contributed by atoms with Crippen LogP contribution < -0.4 is 4.74 Å². The standard InChI is InChI=1S/C14H7BrClF2N3O/c1-6-13(22-14-8(15)4-7(16)5-19-14)21-10-3-2-9(17)11(18)12(10)20-6/h2-5H,1H3.